The summed E-state index contributed by atoms with van der Waals surface area (Å²) in [6, 6.07) is 1.86. The van der Waals surface area contributed by atoms with Gasteiger partial charge in [-0.2, -0.15) is 5.10 Å². The van der Waals surface area contributed by atoms with Gasteiger partial charge in [-0.25, -0.2) is 0 Å². The molecule has 5 heteroatoms. The lowest BCUT2D eigenvalue weighted by molar-refractivity contribution is 0.767. The highest BCUT2D eigenvalue weighted by atomic mass is 16.1. The minimum Gasteiger partial charge on any atom is -0.381 e. The summed E-state index contributed by atoms with van der Waals surface area (Å²) >= 11 is 0. The molecular formula is C12H16N4O. The van der Waals surface area contributed by atoms with E-state index in [1.807, 2.05) is 39.4 Å². The molecule has 0 spiro atoms. The van der Waals surface area contributed by atoms with Gasteiger partial charge in [-0.15, -0.1) is 0 Å². The second-order valence-corrected chi connectivity index (χ2v) is 4.01. The summed E-state index contributed by atoms with van der Waals surface area (Å²) in [5, 5.41) is 7.15. The SMILES string of the molecule is CCNc1cc(C)cn(-c2cnn(C)c2)c1=O. The molecule has 2 rings (SSSR count). The summed E-state index contributed by atoms with van der Waals surface area (Å²) in [7, 11) is 1.83. The first kappa shape index (κ1) is 11.4. The zero-order valence-electron chi connectivity index (χ0n) is 10.3. The van der Waals surface area contributed by atoms with Crippen LogP contribution in [-0.2, 0) is 7.05 Å². The molecule has 0 aliphatic rings. The lowest BCUT2D eigenvalue weighted by Gasteiger charge is -2.08. The Balaban J connectivity index is 2.58. The van der Waals surface area contributed by atoms with Gasteiger partial charge in [-0.3, -0.25) is 14.0 Å². The van der Waals surface area contributed by atoms with Crippen molar-refractivity contribution in [3.8, 4) is 5.69 Å². The zero-order valence-corrected chi connectivity index (χ0v) is 10.3. The largest absolute Gasteiger partial charge is 0.381 e. The van der Waals surface area contributed by atoms with E-state index < -0.39 is 0 Å². The maximum Gasteiger partial charge on any atom is 0.278 e. The molecule has 5 nitrogen and oxygen atoms in total. The average Bonchev–Trinajstić information content (AvgIpc) is 2.70. The van der Waals surface area contributed by atoms with Crippen LogP contribution in [0.15, 0.2) is 29.5 Å². The maximum absolute atomic E-state index is 12.2. The number of hydrogen-bond donors (Lipinski definition) is 1. The molecule has 90 valence electrons. The third-order valence-electron chi connectivity index (χ3n) is 2.49. The van der Waals surface area contributed by atoms with Crippen molar-refractivity contribution in [2.45, 2.75) is 13.8 Å². The zero-order chi connectivity index (χ0) is 12.4. The van der Waals surface area contributed by atoms with Crippen molar-refractivity contribution in [3.05, 3.63) is 40.6 Å². The second-order valence-electron chi connectivity index (χ2n) is 4.01. The highest BCUT2D eigenvalue weighted by Crippen LogP contribution is 2.09. The molecule has 0 unspecified atom stereocenters. The molecule has 0 saturated heterocycles. The molecule has 0 saturated carbocycles. The Bertz CT molecular complexity index is 582. The molecule has 2 aromatic heterocycles. The predicted octanol–water partition coefficient (Wildman–Crippen LogP) is 1.31. The van der Waals surface area contributed by atoms with Crippen molar-refractivity contribution in [1.29, 1.82) is 0 Å². The summed E-state index contributed by atoms with van der Waals surface area (Å²) in [6.07, 6.45) is 5.31. The van der Waals surface area contributed by atoms with E-state index in [1.54, 1.807) is 15.4 Å². The summed E-state index contributed by atoms with van der Waals surface area (Å²) in [6.45, 7) is 4.66. The summed E-state index contributed by atoms with van der Waals surface area (Å²) in [5.74, 6) is 0. The molecule has 0 aliphatic carbocycles. The first-order valence-electron chi connectivity index (χ1n) is 5.58. The summed E-state index contributed by atoms with van der Waals surface area (Å²) < 4.78 is 3.29. The van der Waals surface area contributed by atoms with Crippen LogP contribution in [0, 0.1) is 6.92 Å². The molecule has 2 heterocycles. The van der Waals surface area contributed by atoms with Crippen LogP contribution >= 0.6 is 0 Å². The maximum atomic E-state index is 12.2. The van der Waals surface area contributed by atoms with Crippen molar-refractivity contribution in [2.24, 2.45) is 7.05 Å². The number of nitrogens with zero attached hydrogens (tertiary/aromatic N) is 3. The van der Waals surface area contributed by atoms with Crippen LogP contribution in [0.3, 0.4) is 0 Å². The van der Waals surface area contributed by atoms with Crippen LogP contribution in [0.1, 0.15) is 12.5 Å². The Morgan fingerprint density at radius 1 is 1.41 bits per heavy atom. The van der Waals surface area contributed by atoms with Crippen molar-refractivity contribution >= 4 is 5.69 Å². The van der Waals surface area contributed by atoms with Gasteiger partial charge in [0, 0.05) is 26.0 Å². The molecule has 0 fully saturated rings. The Labute approximate surface area is 99.7 Å². The molecule has 0 atom stereocenters. The van der Waals surface area contributed by atoms with Crippen LogP contribution in [0.5, 0.6) is 0 Å². The molecule has 0 aromatic carbocycles. The summed E-state index contributed by atoms with van der Waals surface area (Å²) in [4.78, 5) is 12.2. The third-order valence-corrected chi connectivity index (χ3v) is 2.49. The van der Waals surface area contributed by atoms with Crippen LogP contribution in [-0.4, -0.2) is 20.9 Å². The Morgan fingerprint density at radius 3 is 2.76 bits per heavy atom. The van der Waals surface area contributed by atoms with Gasteiger partial charge < -0.3 is 5.32 Å². The highest BCUT2D eigenvalue weighted by molar-refractivity contribution is 5.45. The number of hydrogen-bond acceptors (Lipinski definition) is 3. The van der Waals surface area contributed by atoms with E-state index in [-0.39, 0.29) is 5.56 Å². The fraction of sp³-hybridized carbons (Fsp3) is 0.333. The topological polar surface area (TPSA) is 51.9 Å². The van der Waals surface area contributed by atoms with Crippen molar-refractivity contribution in [1.82, 2.24) is 14.3 Å². The number of rotatable bonds is 3. The minimum atomic E-state index is -0.0505. The van der Waals surface area contributed by atoms with Gasteiger partial charge in [-0.05, 0) is 25.5 Å². The fourth-order valence-corrected chi connectivity index (χ4v) is 1.76. The molecule has 0 radical (unpaired) electrons. The van der Waals surface area contributed by atoms with E-state index in [0.29, 0.717) is 5.69 Å². The van der Waals surface area contributed by atoms with Crippen molar-refractivity contribution < 1.29 is 0 Å². The number of nitrogens with one attached hydrogen (secondary N) is 1. The van der Waals surface area contributed by atoms with Gasteiger partial charge in [-0.1, -0.05) is 0 Å². The lowest BCUT2D eigenvalue weighted by Crippen LogP contribution is -2.22. The lowest BCUT2D eigenvalue weighted by atomic mass is 10.2. The Morgan fingerprint density at radius 2 is 2.18 bits per heavy atom. The standard InChI is InChI=1S/C12H16N4O/c1-4-13-11-5-9(2)7-16(12(11)17)10-6-14-15(3)8-10/h5-8,13H,4H2,1-3H3. The number of pyridine rings is 1. The van der Waals surface area contributed by atoms with Gasteiger partial charge in [0.05, 0.1) is 11.9 Å². The number of anilines is 1. The molecule has 2 aromatic rings. The van der Waals surface area contributed by atoms with E-state index in [0.717, 1.165) is 17.8 Å². The van der Waals surface area contributed by atoms with Gasteiger partial charge in [0.2, 0.25) is 0 Å². The van der Waals surface area contributed by atoms with Gasteiger partial charge in [0.1, 0.15) is 5.69 Å². The van der Waals surface area contributed by atoms with Crippen LogP contribution in [0.4, 0.5) is 5.69 Å². The quantitative estimate of drug-likeness (QED) is 0.868. The predicted molar refractivity (Wildman–Crippen MR) is 67.7 cm³/mol. The molecular weight excluding hydrogens is 216 g/mol. The molecule has 1 N–H and O–H groups in total. The molecule has 0 bridgehead atoms. The van der Waals surface area contributed by atoms with E-state index in [1.165, 1.54) is 0 Å². The van der Waals surface area contributed by atoms with E-state index in [4.69, 9.17) is 0 Å². The van der Waals surface area contributed by atoms with Crippen LogP contribution in [0.25, 0.3) is 5.69 Å². The second kappa shape index (κ2) is 4.45. The van der Waals surface area contributed by atoms with Crippen molar-refractivity contribution in [2.75, 3.05) is 11.9 Å². The van der Waals surface area contributed by atoms with E-state index in [2.05, 4.69) is 10.4 Å². The fourth-order valence-electron chi connectivity index (χ4n) is 1.76. The third kappa shape index (κ3) is 2.22. The minimum absolute atomic E-state index is 0.0505. The van der Waals surface area contributed by atoms with Gasteiger partial charge in [0.25, 0.3) is 5.56 Å². The molecule has 0 aliphatic heterocycles. The van der Waals surface area contributed by atoms with Crippen LogP contribution < -0.4 is 10.9 Å². The van der Waals surface area contributed by atoms with Gasteiger partial charge >= 0.3 is 0 Å². The number of aromatic nitrogens is 3. The summed E-state index contributed by atoms with van der Waals surface area (Å²) in [5.41, 5.74) is 2.38. The molecule has 0 amide bonds. The van der Waals surface area contributed by atoms with Crippen molar-refractivity contribution in [3.63, 3.8) is 0 Å². The van der Waals surface area contributed by atoms with Crippen LogP contribution in [0.2, 0.25) is 0 Å². The van der Waals surface area contributed by atoms with E-state index >= 15 is 0 Å². The first-order chi connectivity index (χ1) is 8.11. The smallest absolute Gasteiger partial charge is 0.278 e. The Kier molecular flexibility index (Phi) is 2.99. The average molecular weight is 232 g/mol. The Hall–Kier alpha value is -2.04. The molecule has 17 heavy (non-hydrogen) atoms. The van der Waals surface area contributed by atoms with E-state index in [9.17, 15) is 4.79 Å². The van der Waals surface area contributed by atoms with Gasteiger partial charge in [0.15, 0.2) is 0 Å². The number of aryl methyl sites for hydroxylation is 2. The highest BCUT2D eigenvalue weighted by Gasteiger charge is 2.07. The monoisotopic (exact) mass is 232 g/mol. The first-order valence-corrected chi connectivity index (χ1v) is 5.58. The normalized spacial score (nSPS) is 10.5.